The van der Waals surface area contributed by atoms with Crippen molar-refractivity contribution in [1.29, 1.82) is 0 Å². The third kappa shape index (κ3) is 16.5. The van der Waals surface area contributed by atoms with Gasteiger partial charge in [-0.3, -0.25) is 0 Å². The predicted molar refractivity (Wildman–Crippen MR) is 403 cm³/mol. The van der Waals surface area contributed by atoms with E-state index in [1.165, 1.54) is 0 Å². The average Bonchev–Trinajstić information content (AvgIpc) is 0.757. The first-order valence-corrected chi connectivity index (χ1v) is 34.9. The van der Waals surface area contributed by atoms with Crippen molar-refractivity contribution in [3.63, 3.8) is 0 Å². The molecule has 0 radical (unpaired) electrons. The number of carboxylic acids is 2. The first kappa shape index (κ1) is 79.4. The lowest BCUT2D eigenvalue weighted by Crippen LogP contribution is -3.00. The minimum absolute atomic E-state index is 0. The van der Waals surface area contributed by atoms with Crippen molar-refractivity contribution in [3.05, 3.63) is 214 Å². The Morgan fingerprint density at radius 3 is 1.26 bits per heavy atom. The molecule has 6 aromatic rings. The van der Waals surface area contributed by atoms with E-state index in [4.69, 9.17) is 18.0 Å². The maximum absolute atomic E-state index is 12.9. The van der Waals surface area contributed by atoms with Crippen molar-refractivity contribution in [2.45, 2.75) is 90.0 Å². The van der Waals surface area contributed by atoms with E-state index >= 15 is 0 Å². The summed E-state index contributed by atoms with van der Waals surface area (Å²) in [7, 11) is 0. The van der Waals surface area contributed by atoms with E-state index in [-0.39, 0.29) is 54.3 Å². The molecule has 18 heteroatoms. The van der Waals surface area contributed by atoms with Crippen LogP contribution in [0.5, 0.6) is 0 Å². The lowest BCUT2D eigenvalue weighted by atomic mass is 9.89. The van der Waals surface area contributed by atoms with E-state index < -0.39 is 11.9 Å². The normalized spacial score (nSPS) is 11.0. The molecule has 0 saturated carbocycles. The fraction of sp³-hybridized carbons (Fsp3) is 0.286. The number of hydrogen-bond donors (Lipinski definition) is 4. The van der Waals surface area contributed by atoms with Crippen LogP contribution in [0, 0.1) is 13.8 Å². The van der Waals surface area contributed by atoms with Gasteiger partial charge in [0.05, 0.1) is 41.5 Å². The van der Waals surface area contributed by atoms with Crippen LogP contribution in [0.4, 0.5) is 17.1 Å². The Labute approximate surface area is 616 Å². The van der Waals surface area contributed by atoms with Crippen LogP contribution in [-0.4, -0.2) is 100 Å². The third-order valence-electron chi connectivity index (χ3n) is 18.6. The summed E-state index contributed by atoms with van der Waals surface area (Å²) in [6, 6.07) is 55.3. The van der Waals surface area contributed by atoms with Gasteiger partial charge in [0, 0.05) is 135 Å². The summed E-state index contributed by atoms with van der Waals surface area (Å²) in [6.45, 7) is 36.4. The molecule has 0 saturated heterocycles. The number of aromatic carboxylic acids is 2. The second kappa shape index (κ2) is 36.1. The molecule has 3 heterocycles. The van der Waals surface area contributed by atoms with Crippen LogP contribution in [0.25, 0.3) is 100 Å². The molecule has 0 fully saturated rings. The quantitative estimate of drug-likeness (QED) is 0.0368. The van der Waals surface area contributed by atoms with E-state index in [1.54, 1.807) is 24.3 Å². The van der Waals surface area contributed by atoms with Gasteiger partial charge in [-0.05, 0) is 179 Å². The van der Waals surface area contributed by atoms with Gasteiger partial charge < -0.3 is 80.5 Å². The molecular formula is C84H93Cl3N6O9. The van der Waals surface area contributed by atoms with Crippen molar-refractivity contribution in [2.24, 2.45) is 0 Å². The predicted octanol–water partition coefficient (Wildman–Crippen LogP) is 6.57. The van der Waals surface area contributed by atoms with Gasteiger partial charge in [0.2, 0.25) is 16.1 Å². The lowest BCUT2D eigenvalue weighted by molar-refractivity contribution is -0.496. The highest BCUT2D eigenvalue weighted by Gasteiger charge is 2.27. The average molecular weight is 1440 g/mol. The maximum atomic E-state index is 12.9. The summed E-state index contributed by atoms with van der Waals surface area (Å²) in [5, 5.41) is 29.2. The van der Waals surface area contributed by atoms with Crippen LogP contribution in [-0.2, 0) is 4.74 Å². The molecule has 0 spiro atoms. The van der Waals surface area contributed by atoms with Gasteiger partial charge in [-0.15, -0.1) is 0 Å². The van der Waals surface area contributed by atoms with Gasteiger partial charge in [-0.1, -0.05) is 54.6 Å². The highest BCUT2D eigenvalue weighted by molar-refractivity contribution is 6.11. The number of fused-ring (bicyclic) bond motifs is 6. The number of nitrogens with one attached hydrogen (secondary N) is 2. The second-order valence-electron chi connectivity index (χ2n) is 24.2. The number of carboxylic acid groups (broad SMARTS) is 2. The molecule has 0 bridgehead atoms. The summed E-state index contributed by atoms with van der Waals surface area (Å²) in [5.74, 6) is 0.0678. The van der Waals surface area contributed by atoms with Crippen LogP contribution in [0.3, 0.4) is 0 Å². The number of carbonyl (C=O) groups is 3. The van der Waals surface area contributed by atoms with Gasteiger partial charge in [0.1, 0.15) is 66.8 Å². The summed E-state index contributed by atoms with van der Waals surface area (Å²) in [6.07, 6.45) is 0. The summed E-state index contributed by atoms with van der Waals surface area (Å²) < 4.78 is 29.3. The molecule has 0 aromatic heterocycles. The number of esters is 1. The molecule has 6 aromatic carbocycles. The molecular weight excluding hydrogens is 1340 g/mol. The fourth-order valence-electron chi connectivity index (χ4n) is 13.6. The number of aryl methyl sites for hydroxylation is 2. The Morgan fingerprint density at radius 1 is 0.441 bits per heavy atom. The van der Waals surface area contributed by atoms with Crippen LogP contribution >= 0.6 is 0 Å². The number of anilines is 3. The summed E-state index contributed by atoms with van der Waals surface area (Å²) in [4.78, 5) is 45.0. The smallest absolute Gasteiger partial charge is 0.338 e. The first-order chi connectivity index (χ1) is 48.0. The molecule has 534 valence electrons. The number of benzene rings is 9. The Hall–Kier alpha value is -9.93. The van der Waals surface area contributed by atoms with Crippen molar-refractivity contribution in [1.82, 2.24) is 9.15 Å². The van der Waals surface area contributed by atoms with Crippen molar-refractivity contribution in [3.8, 4) is 67.4 Å². The Balaban J connectivity index is 0.000000211. The van der Waals surface area contributed by atoms with E-state index in [2.05, 4.69) is 209 Å². The van der Waals surface area contributed by atoms with E-state index in [0.29, 0.717) is 23.3 Å². The molecule has 6 aliphatic rings. The van der Waals surface area contributed by atoms with Crippen LogP contribution in [0.2, 0.25) is 0 Å². The Morgan fingerprint density at radius 2 is 0.853 bits per heavy atom. The van der Waals surface area contributed by atoms with E-state index in [9.17, 15) is 24.6 Å². The van der Waals surface area contributed by atoms with Gasteiger partial charge in [0.25, 0.3) is 0 Å². The number of nitrogens with zero attached hydrogens (tertiary/aromatic N) is 4. The molecule has 102 heavy (non-hydrogen) atoms. The molecule has 0 unspecified atom stereocenters. The molecule has 4 N–H and O–H groups in total. The number of rotatable bonds is 20. The zero-order valence-electron chi connectivity index (χ0n) is 60.6. The minimum atomic E-state index is -0.938. The second-order valence-corrected chi connectivity index (χ2v) is 24.2. The number of hydrogen-bond acceptors (Lipinski definition) is 10. The topological polar surface area (TPSA) is 179 Å². The zero-order valence-corrected chi connectivity index (χ0v) is 62.9. The van der Waals surface area contributed by atoms with Crippen molar-refractivity contribution < 1.29 is 84.8 Å². The van der Waals surface area contributed by atoms with Crippen LogP contribution in [0.15, 0.2) is 183 Å². The standard InChI is InChI=1S/3C28H30N2O3.3ClH/c1-6-29-23-15-25-21(13-17(23)4)27(19-11-9-10-12-20(19)28(31)32-8-3)22-14-18(5)24(30-7-2)16-26(22)33-25;2*1-5-29(6-2)19-13-15-23-25(17-19)33-26-18-20(30(7-3)8-4)14-16-24(26)27(23)21-11-9-10-12-22(21)28(31)32;;;/h9-16,29H,6-8H2,1-5H3;2*9-18H,5-8H2,1-4H3;3*1H. The molecule has 12 rings (SSSR count). The summed E-state index contributed by atoms with van der Waals surface area (Å²) >= 11 is 0. The van der Waals surface area contributed by atoms with E-state index in [1.807, 2.05) is 55.5 Å². The SMILES string of the molecule is CCN(CC)c1ccc2c(-c3ccccc3C(=O)O)c3ccc(=[N+](CC)CC)cc-3oc2c1.CCN(CC)c1ccc2c(-c3ccccc3C(=O)O)c3ccc(=[N+](CC)CC)cc-3oc2c1.CCNc1cc2oc3cc(=[NH+]CC)c(C)cc-3c(-c3ccccc3C(=O)OCC)c2cc1C.[Cl-].[Cl-].[Cl-]. The largest absolute Gasteiger partial charge is 1.00 e. The highest BCUT2D eigenvalue weighted by Crippen LogP contribution is 2.46. The molecule has 0 atom stereocenters. The van der Waals surface area contributed by atoms with Gasteiger partial charge in [0.15, 0.2) is 0 Å². The van der Waals surface area contributed by atoms with Crippen LogP contribution < -0.4 is 82.6 Å². The van der Waals surface area contributed by atoms with Crippen molar-refractivity contribution in [2.75, 3.05) is 87.2 Å². The number of ether oxygens (including phenoxy) is 1. The highest BCUT2D eigenvalue weighted by atomic mass is 35.5. The Bertz CT molecular complexity index is 4860. The maximum Gasteiger partial charge on any atom is 0.338 e. The lowest BCUT2D eigenvalue weighted by Gasteiger charge is -2.22. The van der Waals surface area contributed by atoms with E-state index in [0.717, 1.165) is 199 Å². The molecule has 3 aliphatic heterocycles. The molecule has 3 aliphatic carbocycles. The minimum Gasteiger partial charge on any atom is -1.00 e. The summed E-state index contributed by atoms with van der Waals surface area (Å²) in [5.41, 5.74) is 16.6. The van der Waals surface area contributed by atoms with Crippen molar-refractivity contribution >= 4 is 67.9 Å². The molecule has 0 amide bonds. The first-order valence-electron chi connectivity index (χ1n) is 34.9. The van der Waals surface area contributed by atoms with Gasteiger partial charge in [-0.2, -0.15) is 0 Å². The van der Waals surface area contributed by atoms with Gasteiger partial charge in [-0.25, -0.2) is 28.5 Å². The monoisotopic (exact) mass is 1430 g/mol. The zero-order chi connectivity index (χ0) is 70.6. The van der Waals surface area contributed by atoms with Gasteiger partial charge >= 0.3 is 17.9 Å². The number of carbonyl (C=O) groups excluding carboxylic acids is 1. The fourth-order valence-corrected chi connectivity index (χ4v) is 13.6. The molecule has 15 nitrogen and oxygen atoms in total. The third-order valence-corrected chi connectivity index (χ3v) is 18.6. The number of halogens is 3. The Kier molecular flexibility index (Phi) is 28.1. The van der Waals surface area contributed by atoms with Crippen LogP contribution in [0.1, 0.15) is 118 Å².